The first kappa shape index (κ1) is 7.22. The van der Waals surface area contributed by atoms with Crippen LogP contribution >= 0.6 is 0 Å². The molecule has 2 aromatic rings. The summed E-state index contributed by atoms with van der Waals surface area (Å²) in [5.74, 6) is 0. The fraction of sp³-hybridized carbons (Fsp3) is 0.200. The summed E-state index contributed by atoms with van der Waals surface area (Å²) in [6.07, 6.45) is 3.84. The highest BCUT2D eigenvalue weighted by atomic mass is 15.0. The van der Waals surface area contributed by atoms with Gasteiger partial charge in [0.25, 0.3) is 0 Å². The van der Waals surface area contributed by atoms with E-state index in [1.165, 1.54) is 5.52 Å². The van der Waals surface area contributed by atoms with Gasteiger partial charge >= 0.3 is 0 Å². The number of hydrogen-bond acceptors (Lipinski definition) is 1. The Labute approximate surface area is 71.5 Å². The third-order valence-electron chi connectivity index (χ3n) is 1.99. The van der Waals surface area contributed by atoms with Gasteiger partial charge in [0.15, 0.2) is 6.20 Å². The van der Waals surface area contributed by atoms with Gasteiger partial charge in [-0.1, -0.05) is 12.1 Å². The summed E-state index contributed by atoms with van der Waals surface area (Å²) >= 11 is 0. The van der Waals surface area contributed by atoms with Crippen molar-refractivity contribution in [3.05, 3.63) is 36.7 Å². The summed E-state index contributed by atoms with van der Waals surface area (Å²) in [5, 5.41) is 0. The number of para-hydroxylation sites is 2. The lowest BCUT2D eigenvalue weighted by molar-refractivity contribution is -0.668. The topological polar surface area (TPSA) is 16.8 Å². The van der Waals surface area contributed by atoms with Crippen LogP contribution in [0.1, 0.15) is 6.92 Å². The number of hydrogen-bond donors (Lipinski definition) is 0. The molecule has 0 aliphatic heterocycles. The van der Waals surface area contributed by atoms with Crippen molar-refractivity contribution < 1.29 is 4.57 Å². The van der Waals surface area contributed by atoms with Crippen LogP contribution in [0.4, 0.5) is 0 Å². The highest BCUT2D eigenvalue weighted by Gasteiger charge is 2.04. The Morgan fingerprint density at radius 2 is 2.17 bits per heavy atom. The van der Waals surface area contributed by atoms with Crippen LogP contribution in [0.5, 0.6) is 0 Å². The van der Waals surface area contributed by atoms with Crippen molar-refractivity contribution in [2.45, 2.75) is 13.5 Å². The van der Waals surface area contributed by atoms with Crippen LogP contribution in [0.25, 0.3) is 11.0 Å². The van der Waals surface area contributed by atoms with Gasteiger partial charge in [0.05, 0.1) is 6.20 Å². The average molecular weight is 159 g/mol. The molecule has 0 atom stereocenters. The van der Waals surface area contributed by atoms with Gasteiger partial charge in [0.1, 0.15) is 12.1 Å². The predicted octanol–water partition coefficient (Wildman–Crippen LogP) is 1.54. The Hall–Kier alpha value is -1.44. The van der Waals surface area contributed by atoms with Crippen LogP contribution in [0, 0.1) is 0 Å². The molecule has 2 heteroatoms. The first-order valence-electron chi connectivity index (χ1n) is 4.15. The van der Waals surface area contributed by atoms with Gasteiger partial charge in [-0.15, -0.1) is 0 Å². The second-order valence-electron chi connectivity index (χ2n) is 2.70. The third kappa shape index (κ3) is 1.05. The summed E-state index contributed by atoms with van der Waals surface area (Å²) in [7, 11) is 0. The molecule has 0 unspecified atom stereocenters. The van der Waals surface area contributed by atoms with E-state index in [2.05, 4.69) is 22.5 Å². The van der Waals surface area contributed by atoms with Crippen molar-refractivity contribution in [2.24, 2.45) is 0 Å². The fourth-order valence-electron chi connectivity index (χ4n) is 1.37. The molecule has 0 N–H and O–H groups in total. The number of rotatable bonds is 1. The number of aryl methyl sites for hydroxylation is 1. The summed E-state index contributed by atoms with van der Waals surface area (Å²) in [4.78, 5) is 4.27. The van der Waals surface area contributed by atoms with E-state index in [4.69, 9.17) is 0 Å². The normalized spacial score (nSPS) is 10.4. The van der Waals surface area contributed by atoms with E-state index in [0.29, 0.717) is 0 Å². The van der Waals surface area contributed by atoms with Crippen molar-refractivity contribution in [2.75, 3.05) is 0 Å². The molecule has 1 aromatic carbocycles. The van der Waals surface area contributed by atoms with Crippen LogP contribution < -0.4 is 4.57 Å². The zero-order valence-electron chi connectivity index (χ0n) is 7.07. The monoisotopic (exact) mass is 159 g/mol. The predicted molar refractivity (Wildman–Crippen MR) is 47.6 cm³/mol. The lowest BCUT2D eigenvalue weighted by atomic mass is 10.3. The van der Waals surface area contributed by atoms with E-state index < -0.39 is 0 Å². The lowest BCUT2D eigenvalue weighted by Gasteiger charge is -1.95. The summed E-state index contributed by atoms with van der Waals surface area (Å²) in [6, 6.07) is 8.17. The summed E-state index contributed by atoms with van der Waals surface area (Å²) < 4.78 is 2.18. The molecule has 2 nitrogen and oxygen atoms in total. The van der Waals surface area contributed by atoms with Crippen LogP contribution in [0.2, 0.25) is 0 Å². The van der Waals surface area contributed by atoms with Gasteiger partial charge in [-0.05, 0) is 13.0 Å². The Kier molecular flexibility index (Phi) is 1.74. The molecule has 0 saturated carbocycles. The average Bonchev–Trinajstić information content (AvgIpc) is 2.17. The molecule has 0 radical (unpaired) electrons. The molecule has 0 amide bonds. The molecule has 0 spiro atoms. The number of nitrogens with zero attached hydrogens (tertiary/aromatic N) is 2. The molecule has 1 heterocycles. The van der Waals surface area contributed by atoms with Gasteiger partial charge in [-0.3, -0.25) is 0 Å². The van der Waals surface area contributed by atoms with Crippen LogP contribution in [-0.4, -0.2) is 4.98 Å². The lowest BCUT2D eigenvalue weighted by Crippen LogP contribution is -2.32. The maximum Gasteiger partial charge on any atom is 0.231 e. The molecule has 0 saturated heterocycles. The van der Waals surface area contributed by atoms with E-state index >= 15 is 0 Å². The van der Waals surface area contributed by atoms with E-state index in [9.17, 15) is 0 Å². The van der Waals surface area contributed by atoms with Crippen molar-refractivity contribution in [3.8, 4) is 0 Å². The van der Waals surface area contributed by atoms with E-state index in [1.54, 1.807) is 0 Å². The minimum Gasteiger partial charge on any atom is -0.244 e. The number of fused-ring (bicyclic) bond motifs is 1. The molecule has 2 rings (SSSR count). The quantitative estimate of drug-likeness (QED) is 0.577. The largest absolute Gasteiger partial charge is 0.244 e. The van der Waals surface area contributed by atoms with Crippen LogP contribution in [0.3, 0.4) is 0 Å². The molecular weight excluding hydrogens is 148 g/mol. The van der Waals surface area contributed by atoms with Crippen molar-refractivity contribution in [3.63, 3.8) is 0 Å². The molecule has 1 aromatic heterocycles. The molecule has 0 bridgehead atoms. The van der Waals surface area contributed by atoms with E-state index in [-0.39, 0.29) is 0 Å². The van der Waals surface area contributed by atoms with Gasteiger partial charge in [-0.25, -0.2) is 4.98 Å². The Bertz CT molecular complexity index is 390. The molecule has 0 aliphatic rings. The third-order valence-corrected chi connectivity index (χ3v) is 1.99. The van der Waals surface area contributed by atoms with E-state index in [0.717, 1.165) is 12.1 Å². The Morgan fingerprint density at radius 1 is 1.33 bits per heavy atom. The molecule has 60 valence electrons. The summed E-state index contributed by atoms with van der Waals surface area (Å²) in [6.45, 7) is 3.12. The first-order chi connectivity index (χ1) is 5.92. The number of benzene rings is 1. The Morgan fingerprint density at radius 3 is 3.00 bits per heavy atom. The highest BCUT2D eigenvalue weighted by Crippen LogP contribution is 2.03. The molecule has 0 aliphatic carbocycles. The van der Waals surface area contributed by atoms with Crippen LogP contribution in [-0.2, 0) is 6.54 Å². The standard InChI is InChI=1S/C10H11N2/c1-2-12-8-7-11-9-5-3-4-6-10(9)12/h3-8H,2H2,1H3/q+1. The van der Waals surface area contributed by atoms with E-state index in [1.807, 2.05) is 30.6 Å². The molecule has 12 heavy (non-hydrogen) atoms. The molecular formula is C10H11N2+. The molecule has 0 fully saturated rings. The summed E-state index contributed by atoms with van der Waals surface area (Å²) in [5.41, 5.74) is 2.25. The zero-order chi connectivity index (χ0) is 8.39. The van der Waals surface area contributed by atoms with Gasteiger partial charge < -0.3 is 0 Å². The second kappa shape index (κ2) is 2.89. The van der Waals surface area contributed by atoms with Crippen molar-refractivity contribution in [1.29, 1.82) is 0 Å². The fourth-order valence-corrected chi connectivity index (χ4v) is 1.37. The van der Waals surface area contributed by atoms with Gasteiger partial charge in [0.2, 0.25) is 5.52 Å². The maximum absolute atomic E-state index is 4.27. The number of aromatic nitrogens is 2. The SMILES string of the molecule is CC[n+]1ccnc2ccccc21. The smallest absolute Gasteiger partial charge is 0.231 e. The Balaban J connectivity index is 2.79. The van der Waals surface area contributed by atoms with Gasteiger partial charge in [0, 0.05) is 6.07 Å². The zero-order valence-corrected chi connectivity index (χ0v) is 7.07. The highest BCUT2D eigenvalue weighted by molar-refractivity contribution is 5.69. The second-order valence-corrected chi connectivity index (χ2v) is 2.70. The first-order valence-corrected chi connectivity index (χ1v) is 4.15. The minimum absolute atomic E-state index is 0.989. The van der Waals surface area contributed by atoms with Crippen LogP contribution in [0.15, 0.2) is 36.7 Å². The van der Waals surface area contributed by atoms with Crippen molar-refractivity contribution in [1.82, 2.24) is 4.98 Å². The van der Waals surface area contributed by atoms with Crippen molar-refractivity contribution >= 4 is 11.0 Å². The maximum atomic E-state index is 4.27. The minimum atomic E-state index is 0.989. The van der Waals surface area contributed by atoms with Gasteiger partial charge in [-0.2, -0.15) is 4.57 Å².